The van der Waals surface area contributed by atoms with Crippen LogP contribution < -0.4 is 5.32 Å². The van der Waals surface area contributed by atoms with Crippen molar-refractivity contribution in [3.8, 4) is 0 Å². The quantitative estimate of drug-likeness (QED) is 0.927. The highest BCUT2D eigenvalue weighted by Gasteiger charge is 2.34. The molecule has 2 fully saturated rings. The Kier molecular flexibility index (Phi) is 4.76. The van der Waals surface area contributed by atoms with E-state index in [1.165, 1.54) is 0 Å². The minimum atomic E-state index is -0.450. The lowest BCUT2D eigenvalue weighted by atomic mass is 9.84. The molecule has 5 nitrogen and oxygen atoms in total. The smallest absolute Gasteiger partial charge is 0.245 e. The number of hydrogen-bond acceptors (Lipinski definition) is 4. The van der Waals surface area contributed by atoms with E-state index in [-0.39, 0.29) is 23.8 Å². The standard InChI is InChI=1S/C16H23N3O2S/c1-11(18-14(20)12-5-4-6-12)16(21)19-9-3-2-7-13(19)15-17-8-10-22-15/h8,10-13H,2-7,9H2,1H3,(H,18,20). The number of aromatic nitrogens is 1. The van der Waals surface area contributed by atoms with Gasteiger partial charge in [0.2, 0.25) is 11.8 Å². The van der Waals surface area contributed by atoms with E-state index in [9.17, 15) is 9.59 Å². The fourth-order valence-electron chi connectivity index (χ4n) is 3.16. The summed E-state index contributed by atoms with van der Waals surface area (Å²) in [5.74, 6) is 0.175. The fourth-order valence-corrected chi connectivity index (χ4v) is 3.95. The van der Waals surface area contributed by atoms with Gasteiger partial charge in [-0.3, -0.25) is 9.59 Å². The number of carbonyl (C=O) groups is 2. The molecule has 0 aromatic carbocycles. The van der Waals surface area contributed by atoms with Crippen LogP contribution in [0.2, 0.25) is 0 Å². The molecule has 1 saturated carbocycles. The highest BCUT2D eigenvalue weighted by Crippen LogP contribution is 2.32. The lowest BCUT2D eigenvalue weighted by molar-refractivity contribution is -0.140. The van der Waals surface area contributed by atoms with Crippen molar-refractivity contribution in [1.82, 2.24) is 15.2 Å². The summed E-state index contributed by atoms with van der Waals surface area (Å²) < 4.78 is 0. The third-order valence-electron chi connectivity index (χ3n) is 4.73. The maximum atomic E-state index is 12.8. The van der Waals surface area contributed by atoms with E-state index in [1.54, 1.807) is 24.5 Å². The van der Waals surface area contributed by atoms with Crippen LogP contribution in [-0.4, -0.2) is 34.3 Å². The molecule has 1 aromatic rings. The topological polar surface area (TPSA) is 62.3 Å². The van der Waals surface area contributed by atoms with Crippen LogP contribution in [-0.2, 0) is 9.59 Å². The number of hydrogen-bond donors (Lipinski definition) is 1. The first kappa shape index (κ1) is 15.5. The van der Waals surface area contributed by atoms with Crippen molar-refractivity contribution < 1.29 is 9.59 Å². The van der Waals surface area contributed by atoms with Crippen molar-refractivity contribution in [1.29, 1.82) is 0 Å². The van der Waals surface area contributed by atoms with Crippen LogP contribution in [0.15, 0.2) is 11.6 Å². The number of nitrogens with zero attached hydrogens (tertiary/aromatic N) is 2. The van der Waals surface area contributed by atoms with Gasteiger partial charge in [-0.05, 0) is 39.0 Å². The second-order valence-corrected chi connectivity index (χ2v) is 7.20. The predicted molar refractivity (Wildman–Crippen MR) is 85.4 cm³/mol. The van der Waals surface area contributed by atoms with Gasteiger partial charge < -0.3 is 10.2 Å². The van der Waals surface area contributed by atoms with Crippen LogP contribution in [0.5, 0.6) is 0 Å². The average Bonchev–Trinajstić information content (AvgIpc) is 2.98. The maximum absolute atomic E-state index is 12.8. The van der Waals surface area contributed by atoms with E-state index >= 15 is 0 Å². The second kappa shape index (κ2) is 6.77. The van der Waals surface area contributed by atoms with Crippen LogP contribution in [0.1, 0.15) is 56.5 Å². The first-order valence-electron chi connectivity index (χ1n) is 8.17. The summed E-state index contributed by atoms with van der Waals surface area (Å²) in [6.45, 7) is 2.55. The summed E-state index contributed by atoms with van der Waals surface area (Å²) in [5.41, 5.74) is 0. The molecule has 2 heterocycles. The van der Waals surface area contributed by atoms with Crippen molar-refractivity contribution in [3.05, 3.63) is 16.6 Å². The summed E-state index contributed by atoms with van der Waals surface area (Å²) in [4.78, 5) is 31.1. The molecule has 0 radical (unpaired) electrons. The molecule has 1 aliphatic carbocycles. The highest BCUT2D eigenvalue weighted by atomic mass is 32.1. The van der Waals surface area contributed by atoms with Gasteiger partial charge in [-0.1, -0.05) is 6.42 Å². The zero-order valence-electron chi connectivity index (χ0n) is 13.0. The molecule has 2 amide bonds. The lowest BCUT2D eigenvalue weighted by Crippen LogP contribution is -2.51. The fraction of sp³-hybridized carbons (Fsp3) is 0.688. The average molecular weight is 321 g/mol. The molecule has 1 saturated heterocycles. The SMILES string of the molecule is CC(NC(=O)C1CCC1)C(=O)N1CCCCC1c1nccs1. The van der Waals surface area contributed by atoms with Crippen molar-refractivity contribution in [2.75, 3.05) is 6.54 Å². The molecule has 2 unspecified atom stereocenters. The van der Waals surface area contributed by atoms with E-state index in [1.807, 2.05) is 10.3 Å². The molecule has 3 rings (SSSR count). The molecule has 6 heteroatoms. The van der Waals surface area contributed by atoms with Gasteiger partial charge in [0.1, 0.15) is 11.0 Å². The Balaban J connectivity index is 1.64. The van der Waals surface area contributed by atoms with E-state index < -0.39 is 6.04 Å². The maximum Gasteiger partial charge on any atom is 0.245 e. The monoisotopic (exact) mass is 321 g/mol. The zero-order chi connectivity index (χ0) is 15.5. The van der Waals surface area contributed by atoms with Crippen LogP contribution in [0.4, 0.5) is 0 Å². The molecule has 22 heavy (non-hydrogen) atoms. The Morgan fingerprint density at radius 1 is 1.32 bits per heavy atom. The molecule has 1 aliphatic heterocycles. The number of likely N-dealkylation sites (tertiary alicyclic amines) is 1. The first-order valence-corrected chi connectivity index (χ1v) is 9.05. The van der Waals surface area contributed by atoms with Gasteiger partial charge >= 0.3 is 0 Å². The Labute approximate surface area is 135 Å². The van der Waals surface area contributed by atoms with Gasteiger partial charge in [-0.15, -0.1) is 11.3 Å². The zero-order valence-corrected chi connectivity index (χ0v) is 13.8. The number of thiazole rings is 1. The largest absolute Gasteiger partial charge is 0.344 e. The number of carbonyl (C=O) groups excluding carboxylic acids is 2. The minimum absolute atomic E-state index is 0.0209. The number of piperidine rings is 1. The molecule has 0 bridgehead atoms. The summed E-state index contributed by atoms with van der Waals surface area (Å²) in [7, 11) is 0. The summed E-state index contributed by atoms with van der Waals surface area (Å²) in [6, 6.07) is -0.377. The first-order chi connectivity index (χ1) is 10.7. The Bertz CT molecular complexity index is 528. The molecular formula is C16H23N3O2S. The molecule has 1 N–H and O–H groups in total. The van der Waals surface area contributed by atoms with Crippen LogP contribution in [0.25, 0.3) is 0 Å². The highest BCUT2D eigenvalue weighted by molar-refractivity contribution is 7.09. The molecule has 1 aromatic heterocycles. The van der Waals surface area contributed by atoms with Gasteiger partial charge in [-0.2, -0.15) is 0 Å². The van der Waals surface area contributed by atoms with Crippen molar-refractivity contribution in [2.45, 2.75) is 57.5 Å². The minimum Gasteiger partial charge on any atom is -0.344 e. The Morgan fingerprint density at radius 2 is 2.14 bits per heavy atom. The molecule has 2 aliphatic rings. The molecule has 0 spiro atoms. The molecular weight excluding hydrogens is 298 g/mol. The van der Waals surface area contributed by atoms with E-state index in [0.29, 0.717) is 0 Å². The summed E-state index contributed by atoms with van der Waals surface area (Å²) in [5, 5.41) is 5.86. The lowest BCUT2D eigenvalue weighted by Gasteiger charge is -2.36. The van der Waals surface area contributed by atoms with E-state index in [2.05, 4.69) is 10.3 Å². The van der Waals surface area contributed by atoms with Crippen LogP contribution in [0.3, 0.4) is 0 Å². The second-order valence-electron chi connectivity index (χ2n) is 6.27. The number of amides is 2. The van der Waals surface area contributed by atoms with Gasteiger partial charge in [0, 0.05) is 24.0 Å². The van der Waals surface area contributed by atoms with Crippen LogP contribution >= 0.6 is 11.3 Å². The summed E-state index contributed by atoms with van der Waals surface area (Å²) >= 11 is 1.60. The van der Waals surface area contributed by atoms with Crippen molar-refractivity contribution >= 4 is 23.2 Å². The van der Waals surface area contributed by atoms with Crippen molar-refractivity contribution in [2.24, 2.45) is 5.92 Å². The molecule has 2 atom stereocenters. The third kappa shape index (κ3) is 3.16. The Morgan fingerprint density at radius 3 is 2.77 bits per heavy atom. The Hall–Kier alpha value is -1.43. The van der Waals surface area contributed by atoms with Crippen LogP contribution in [0, 0.1) is 5.92 Å². The molecule has 120 valence electrons. The number of rotatable bonds is 4. The van der Waals surface area contributed by atoms with Gasteiger partial charge in [0.25, 0.3) is 0 Å². The van der Waals surface area contributed by atoms with Gasteiger partial charge in [0.05, 0.1) is 6.04 Å². The van der Waals surface area contributed by atoms with Crippen molar-refractivity contribution in [3.63, 3.8) is 0 Å². The summed E-state index contributed by atoms with van der Waals surface area (Å²) in [6.07, 6.45) is 7.93. The predicted octanol–water partition coefficient (Wildman–Crippen LogP) is 2.50. The third-order valence-corrected chi connectivity index (χ3v) is 5.60. The number of nitrogens with one attached hydrogen (secondary N) is 1. The van der Waals surface area contributed by atoms with Gasteiger partial charge in [-0.25, -0.2) is 4.98 Å². The van der Waals surface area contributed by atoms with E-state index in [4.69, 9.17) is 0 Å². The van der Waals surface area contributed by atoms with E-state index in [0.717, 1.165) is 50.1 Å². The van der Waals surface area contributed by atoms with Gasteiger partial charge in [0.15, 0.2) is 0 Å². The normalized spacial score (nSPS) is 23.7.